The summed E-state index contributed by atoms with van der Waals surface area (Å²) in [6.07, 6.45) is 5.93. The fourth-order valence-electron chi connectivity index (χ4n) is 4.03. The zero-order chi connectivity index (χ0) is 21.6. The molecule has 0 spiro atoms. The number of carbonyl (C=O) groups is 1. The molecule has 1 aromatic heterocycles. The van der Waals surface area contributed by atoms with E-state index in [1.54, 1.807) is 7.11 Å². The number of thioether (sulfide) groups is 1. The van der Waals surface area contributed by atoms with Crippen molar-refractivity contribution in [2.45, 2.75) is 50.2 Å². The third-order valence-corrected chi connectivity index (χ3v) is 6.53. The topological polar surface area (TPSA) is 69.0 Å². The molecule has 1 aliphatic rings. The fourth-order valence-corrected chi connectivity index (χ4v) is 4.84. The predicted octanol–water partition coefficient (Wildman–Crippen LogP) is 5.50. The number of aryl methyl sites for hydroxylation is 1. The number of aromatic nitrogens is 3. The molecule has 1 N–H and O–H groups in total. The molecule has 7 heteroatoms. The van der Waals surface area contributed by atoms with Gasteiger partial charge in [-0.2, -0.15) is 0 Å². The minimum atomic E-state index is -0.0419. The van der Waals surface area contributed by atoms with Crippen LogP contribution < -0.4 is 10.1 Å². The molecule has 2 aromatic carbocycles. The van der Waals surface area contributed by atoms with Gasteiger partial charge in [0, 0.05) is 17.3 Å². The molecule has 1 heterocycles. The molecule has 0 unspecified atom stereocenters. The van der Waals surface area contributed by atoms with Gasteiger partial charge in [0.05, 0.1) is 12.9 Å². The monoisotopic (exact) mass is 436 g/mol. The average Bonchev–Trinajstić information content (AvgIpc) is 3.22. The third-order valence-electron chi connectivity index (χ3n) is 5.59. The molecule has 0 aliphatic heterocycles. The van der Waals surface area contributed by atoms with Crippen LogP contribution in [0.25, 0.3) is 11.4 Å². The van der Waals surface area contributed by atoms with Gasteiger partial charge in [0.2, 0.25) is 5.91 Å². The molecule has 0 bridgehead atoms. The lowest BCUT2D eigenvalue weighted by molar-refractivity contribution is -0.113. The van der Waals surface area contributed by atoms with E-state index in [9.17, 15) is 4.79 Å². The van der Waals surface area contributed by atoms with Gasteiger partial charge in [-0.15, -0.1) is 10.2 Å². The molecule has 1 fully saturated rings. The Morgan fingerprint density at radius 1 is 1.13 bits per heavy atom. The highest BCUT2D eigenvalue weighted by Crippen LogP contribution is 2.36. The Kier molecular flexibility index (Phi) is 6.92. The van der Waals surface area contributed by atoms with Gasteiger partial charge in [-0.3, -0.25) is 9.36 Å². The number of hydrogen-bond donors (Lipinski definition) is 1. The first-order valence-electron chi connectivity index (χ1n) is 10.7. The van der Waals surface area contributed by atoms with Gasteiger partial charge in [0.15, 0.2) is 11.0 Å². The summed E-state index contributed by atoms with van der Waals surface area (Å²) in [5.74, 6) is 1.92. The number of nitrogens with zero attached hydrogens (tertiary/aromatic N) is 3. The maximum atomic E-state index is 12.5. The smallest absolute Gasteiger partial charge is 0.234 e. The van der Waals surface area contributed by atoms with Crippen LogP contribution in [0.4, 0.5) is 5.69 Å². The number of benzene rings is 2. The second-order valence-corrected chi connectivity index (χ2v) is 8.85. The number of methoxy groups -OCH3 is 1. The average molecular weight is 437 g/mol. The van der Waals surface area contributed by atoms with Crippen molar-refractivity contribution >= 4 is 23.4 Å². The van der Waals surface area contributed by atoms with E-state index in [4.69, 9.17) is 4.74 Å². The van der Waals surface area contributed by atoms with E-state index in [-0.39, 0.29) is 5.91 Å². The number of ether oxygens (including phenoxy) is 1. The van der Waals surface area contributed by atoms with E-state index in [0.717, 1.165) is 46.4 Å². The molecule has 3 aromatic rings. The summed E-state index contributed by atoms with van der Waals surface area (Å²) in [6, 6.07) is 16.1. The van der Waals surface area contributed by atoms with Gasteiger partial charge in [-0.1, -0.05) is 43.2 Å². The van der Waals surface area contributed by atoms with Gasteiger partial charge in [0.1, 0.15) is 5.75 Å². The summed E-state index contributed by atoms with van der Waals surface area (Å²) in [5, 5.41) is 12.8. The summed E-state index contributed by atoms with van der Waals surface area (Å²) < 4.78 is 7.53. The number of hydrogen-bond acceptors (Lipinski definition) is 5. The molecule has 0 atom stereocenters. The maximum absolute atomic E-state index is 12.5. The predicted molar refractivity (Wildman–Crippen MR) is 125 cm³/mol. The molecular formula is C24H28N4O2S. The van der Waals surface area contributed by atoms with Crippen molar-refractivity contribution in [3.8, 4) is 17.1 Å². The zero-order valence-electron chi connectivity index (χ0n) is 18.0. The second kappa shape index (κ2) is 10.0. The Hall–Kier alpha value is -2.80. The highest BCUT2D eigenvalue weighted by molar-refractivity contribution is 7.99. The molecule has 0 radical (unpaired) electrons. The van der Waals surface area contributed by atoms with Crippen LogP contribution in [0, 0.1) is 6.92 Å². The zero-order valence-corrected chi connectivity index (χ0v) is 18.8. The van der Waals surface area contributed by atoms with Crippen LogP contribution >= 0.6 is 11.8 Å². The molecule has 6 nitrogen and oxygen atoms in total. The van der Waals surface area contributed by atoms with Crippen LogP contribution in [0.1, 0.15) is 43.7 Å². The molecule has 1 amide bonds. The Labute approximate surface area is 187 Å². The van der Waals surface area contributed by atoms with Crippen molar-refractivity contribution in [2.24, 2.45) is 0 Å². The van der Waals surface area contributed by atoms with Crippen molar-refractivity contribution in [1.29, 1.82) is 0 Å². The standard InChI is InChI=1S/C24H28N4O2S/c1-17-7-6-8-19(15-17)25-22(29)16-31-24-27-26-23(18-11-13-21(30-2)14-12-18)28(24)20-9-4-3-5-10-20/h6-8,11-15,20H,3-5,9-10,16H2,1-2H3,(H,25,29). The third kappa shape index (κ3) is 5.28. The minimum absolute atomic E-state index is 0.0419. The molecule has 31 heavy (non-hydrogen) atoms. The van der Waals surface area contributed by atoms with Crippen molar-refractivity contribution in [3.63, 3.8) is 0 Å². The summed E-state index contributed by atoms with van der Waals surface area (Å²) in [7, 11) is 1.66. The van der Waals surface area contributed by atoms with E-state index in [2.05, 4.69) is 20.1 Å². The normalized spacial score (nSPS) is 14.4. The molecule has 1 saturated carbocycles. The molecule has 1 aliphatic carbocycles. The Bertz CT molecular complexity index is 1030. The minimum Gasteiger partial charge on any atom is -0.497 e. The lowest BCUT2D eigenvalue weighted by Crippen LogP contribution is -2.17. The van der Waals surface area contributed by atoms with Gasteiger partial charge >= 0.3 is 0 Å². The second-order valence-electron chi connectivity index (χ2n) is 7.90. The van der Waals surface area contributed by atoms with E-state index in [0.29, 0.717) is 11.8 Å². The largest absolute Gasteiger partial charge is 0.497 e. The van der Waals surface area contributed by atoms with Crippen LogP contribution in [0.5, 0.6) is 5.75 Å². The van der Waals surface area contributed by atoms with Crippen LogP contribution in [0.2, 0.25) is 0 Å². The lowest BCUT2D eigenvalue weighted by atomic mass is 9.95. The summed E-state index contributed by atoms with van der Waals surface area (Å²) in [4.78, 5) is 12.5. The van der Waals surface area contributed by atoms with Crippen molar-refractivity contribution in [2.75, 3.05) is 18.2 Å². The van der Waals surface area contributed by atoms with Crippen molar-refractivity contribution in [3.05, 3.63) is 54.1 Å². The van der Waals surface area contributed by atoms with Crippen LogP contribution in [-0.2, 0) is 4.79 Å². The van der Waals surface area contributed by atoms with Gasteiger partial charge in [-0.25, -0.2) is 0 Å². The molecular weight excluding hydrogens is 408 g/mol. The summed E-state index contributed by atoms with van der Waals surface area (Å²) in [5.41, 5.74) is 2.94. The summed E-state index contributed by atoms with van der Waals surface area (Å²) >= 11 is 1.45. The van der Waals surface area contributed by atoms with E-state index in [1.165, 1.54) is 31.0 Å². The molecule has 4 rings (SSSR count). The quantitative estimate of drug-likeness (QED) is 0.496. The Balaban J connectivity index is 1.53. The van der Waals surface area contributed by atoms with Crippen molar-refractivity contribution in [1.82, 2.24) is 14.8 Å². The summed E-state index contributed by atoms with van der Waals surface area (Å²) in [6.45, 7) is 2.01. The van der Waals surface area contributed by atoms with Gasteiger partial charge < -0.3 is 10.1 Å². The molecule has 0 saturated heterocycles. The first-order valence-corrected chi connectivity index (χ1v) is 11.7. The van der Waals surface area contributed by atoms with Crippen LogP contribution in [-0.4, -0.2) is 33.5 Å². The number of nitrogens with one attached hydrogen (secondary N) is 1. The first-order chi connectivity index (χ1) is 15.1. The fraction of sp³-hybridized carbons (Fsp3) is 0.375. The number of rotatable bonds is 7. The number of carbonyl (C=O) groups excluding carboxylic acids is 1. The number of amides is 1. The Morgan fingerprint density at radius 2 is 1.90 bits per heavy atom. The SMILES string of the molecule is COc1ccc(-c2nnc(SCC(=O)Nc3cccc(C)c3)n2C2CCCCC2)cc1. The highest BCUT2D eigenvalue weighted by atomic mass is 32.2. The lowest BCUT2D eigenvalue weighted by Gasteiger charge is -2.25. The Morgan fingerprint density at radius 3 is 2.61 bits per heavy atom. The van der Waals surface area contributed by atoms with Crippen LogP contribution in [0.3, 0.4) is 0 Å². The molecule has 162 valence electrons. The van der Waals surface area contributed by atoms with Crippen LogP contribution in [0.15, 0.2) is 53.7 Å². The highest BCUT2D eigenvalue weighted by Gasteiger charge is 2.24. The first kappa shape index (κ1) is 21.4. The van der Waals surface area contributed by atoms with Crippen molar-refractivity contribution < 1.29 is 9.53 Å². The van der Waals surface area contributed by atoms with Gasteiger partial charge in [0.25, 0.3) is 0 Å². The number of anilines is 1. The van der Waals surface area contributed by atoms with E-state index >= 15 is 0 Å². The van der Waals surface area contributed by atoms with Gasteiger partial charge in [-0.05, 0) is 61.7 Å². The maximum Gasteiger partial charge on any atom is 0.234 e. The van der Waals surface area contributed by atoms with E-state index in [1.807, 2.05) is 55.5 Å². The van der Waals surface area contributed by atoms with E-state index < -0.39 is 0 Å².